The predicted octanol–water partition coefficient (Wildman–Crippen LogP) is 2.86. The lowest BCUT2D eigenvalue weighted by Gasteiger charge is -2.48. The van der Waals surface area contributed by atoms with Crippen molar-refractivity contribution in [2.75, 3.05) is 26.2 Å². The molecule has 1 spiro atoms. The summed E-state index contributed by atoms with van der Waals surface area (Å²) in [5.74, 6) is 0.380. The SMILES string of the molecule is CCCCN1CC2(CCCN(C(=O)c3cn(CC)nc3C)C2)CCC1=O. The van der Waals surface area contributed by atoms with Crippen LogP contribution in [0.4, 0.5) is 0 Å². The van der Waals surface area contributed by atoms with Crippen LogP contribution < -0.4 is 0 Å². The molecule has 0 bridgehead atoms. The Labute approximate surface area is 156 Å². The third-order valence-corrected chi connectivity index (χ3v) is 5.98. The van der Waals surface area contributed by atoms with E-state index in [1.807, 2.05) is 34.5 Å². The van der Waals surface area contributed by atoms with Crippen molar-refractivity contribution >= 4 is 11.8 Å². The van der Waals surface area contributed by atoms with Crippen molar-refractivity contribution in [3.8, 4) is 0 Å². The van der Waals surface area contributed by atoms with Gasteiger partial charge >= 0.3 is 0 Å². The zero-order valence-electron chi connectivity index (χ0n) is 16.5. The predicted molar refractivity (Wildman–Crippen MR) is 101 cm³/mol. The summed E-state index contributed by atoms with van der Waals surface area (Å²) in [7, 11) is 0. The van der Waals surface area contributed by atoms with Gasteiger partial charge in [0.2, 0.25) is 5.91 Å². The molecule has 2 fully saturated rings. The average molecular weight is 361 g/mol. The Hall–Kier alpha value is -1.85. The molecule has 6 nitrogen and oxygen atoms in total. The van der Waals surface area contributed by atoms with Gasteiger partial charge < -0.3 is 9.80 Å². The molecule has 144 valence electrons. The largest absolute Gasteiger partial charge is 0.342 e. The normalized spacial score (nSPS) is 23.7. The summed E-state index contributed by atoms with van der Waals surface area (Å²) >= 11 is 0. The van der Waals surface area contributed by atoms with Crippen molar-refractivity contribution in [1.82, 2.24) is 19.6 Å². The summed E-state index contributed by atoms with van der Waals surface area (Å²) < 4.78 is 1.83. The van der Waals surface area contributed by atoms with Crippen LogP contribution in [0.2, 0.25) is 0 Å². The molecule has 2 aliphatic rings. The van der Waals surface area contributed by atoms with Crippen LogP contribution >= 0.6 is 0 Å². The number of amides is 2. The maximum atomic E-state index is 13.1. The van der Waals surface area contributed by atoms with Crippen molar-refractivity contribution in [2.24, 2.45) is 5.41 Å². The molecular formula is C20H32N4O2. The number of likely N-dealkylation sites (tertiary alicyclic amines) is 2. The Morgan fingerprint density at radius 1 is 1.27 bits per heavy atom. The van der Waals surface area contributed by atoms with Crippen molar-refractivity contribution in [3.63, 3.8) is 0 Å². The van der Waals surface area contributed by atoms with Crippen LogP contribution in [0.15, 0.2) is 6.20 Å². The molecule has 3 rings (SSSR count). The quantitative estimate of drug-likeness (QED) is 0.811. The Kier molecular flexibility index (Phi) is 5.68. The summed E-state index contributed by atoms with van der Waals surface area (Å²) in [5.41, 5.74) is 1.60. The first-order chi connectivity index (χ1) is 12.5. The first-order valence-electron chi connectivity index (χ1n) is 10.1. The van der Waals surface area contributed by atoms with Gasteiger partial charge in [0.05, 0.1) is 11.3 Å². The lowest BCUT2D eigenvalue weighted by Crippen LogP contribution is -2.55. The molecule has 0 saturated carbocycles. The number of aromatic nitrogens is 2. The molecule has 0 aromatic carbocycles. The Morgan fingerprint density at radius 2 is 2.08 bits per heavy atom. The van der Waals surface area contributed by atoms with Crippen LogP contribution in [-0.2, 0) is 11.3 Å². The lowest BCUT2D eigenvalue weighted by atomic mass is 9.73. The molecule has 26 heavy (non-hydrogen) atoms. The van der Waals surface area contributed by atoms with E-state index in [4.69, 9.17) is 0 Å². The van der Waals surface area contributed by atoms with E-state index in [-0.39, 0.29) is 17.2 Å². The number of aryl methyl sites for hydroxylation is 2. The number of hydrogen-bond acceptors (Lipinski definition) is 3. The number of hydrogen-bond donors (Lipinski definition) is 0. The second-order valence-corrected chi connectivity index (χ2v) is 7.98. The van der Waals surface area contributed by atoms with Gasteiger partial charge in [0.15, 0.2) is 0 Å². The molecule has 0 aliphatic carbocycles. The number of nitrogens with zero attached hydrogens (tertiary/aromatic N) is 4. The van der Waals surface area contributed by atoms with E-state index in [1.54, 1.807) is 0 Å². The topological polar surface area (TPSA) is 58.4 Å². The first-order valence-corrected chi connectivity index (χ1v) is 10.1. The molecule has 6 heteroatoms. The molecule has 3 heterocycles. The van der Waals surface area contributed by atoms with E-state index in [0.717, 1.165) is 76.1 Å². The van der Waals surface area contributed by atoms with Gasteiger partial charge in [-0.2, -0.15) is 5.10 Å². The van der Waals surface area contributed by atoms with E-state index < -0.39 is 0 Å². The highest BCUT2D eigenvalue weighted by molar-refractivity contribution is 5.95. The van der Waals surface area contributed by atoms with E-state index in [1.165, 1.54) is 0 Å². The molecule has 1 aromatic rings. The third-order valence-electron chi connectivity index (χ3n) is 5.98. The third kappa shape index (κ3) is 3.79. The maximum Gasteiger partial charge on any atom is 0.257 e. The van der Waals surface area contributed by atoms with E-state index >= 15 is 0 Å². The molecule has 2 aliphatic heterocycles. The Morgan fingerprint density at radius 3 is 2.77 bits per heavy atom. The number of carbonyl (C=O) groups excluding carboxylic acids is 2. The minimum atomic E-state index is 0.0736. The van der Waals surface area contributed by atoms with E-state index in [2.05, 4.69) is 12.0 Å². The van der Waals surface area contributed by atoms with E-state index in [9.17, 15) is 9.59 Å². The smallest absolute Gasteiger partial charge is 0.257 e. The summed E-state index contributed by atoms with van der Waals surface area (Å²) in [5, 5.41) is 4.42. The van der Waals surface area contributed by atoms with Gasteiger partial charge in [-0.15, -0.1) is 0 Å². The monoisotopic (exact) mass is 360 g/mol. The van der Waals surface area contributed by atoms with Gasteiger partial charge in [-0.1, -0.05) is 13.3 Å². The van der Waals surface area contributed by atoms with Crippen molar-refractivity contribution in [2.45, 2.75) is 65.8 Å². The maximum absolute atomic E-state index is 13.1. The standard InChI is InChI=1S/C20H32N4O2/c1-4-6-11-22-14-20(10-8-18(22)25)9-7-12-23(15-20)19(26)17-13-24(5-2)21-16(17)3/h13H,4-12,14-15H2,1-3H3. The van der Waals surface area contributed by atoms with Crippen molar-refractivity contribution in [3.05, 3.63) is 17.5 Å². The van der Waals surface area contributed by atoms with Gasteiger partial charge in [0.1, 0.15) is 0 Å². The molecule has 2 saturated heterocycles. The molecule has 0 N–H and O–H groups in total. The lowest BCUT2D eigenvalue weighted by molar-refractivity contribution is -0.139. The summed E-state index contributed by atoms with van der Waals surface area (Å²) in [4.78, 5) is 29.4. The van der Waals surface area contributed by atoms with Crippen LogP contribution in [0.5, 0.6) is 0 Å². The molecule has 0 radical (unpaired) electrons. The van der Waals surface area contributed by atoms with Gasteiger partial charge in [0.25, 0.3) is 5.91 Å². The average Bonchev–Trinajstić information content (AvgIpc) is 3.03. The fourth-order valence-electron chi connectivity index (χ4n) is 4.43. The Bertz CT molecular complexity index is 669. The number of rotatable bonds is 5. The zero-order valence-corrected chi connectivity index (χ0v) is 16.5. The van der Waals surface area contributed by atoms with Crippen LogP contribution in [-0.4, -0.2) is 57.6 Å². The summed E-state index contributed by atoms with van der Waals surface area (Å²) in [6.07, 6.45) is 7.69. The van der Waals surface area contributed by atoms with Gasteiger partial charge in [-0.25, -0.2) is 0 Å². The molecule has 1 aromatic heterocycles. The number of piperidine rings is 2. The summed E-state index contributed by atoms with van der Waals surface area (Å²) in [6.45, 7) is 10.1. The minimum absolute atomic E-state index is 0.0736. The van der Waals surface area contributed by atoms with E-state index in [0.29, 0.717) is 6.42 Å². The van der Waals surface area contributed by atoms with Gasteiger partial charge in [-0.05, 0) is 39.5 Å². The second-order valence-electron chi connectivity index (χ2n) is 7.98. The van der Waals surface area contributed by atoms with Crippen LogP contribution in [0.1, 0.15) is 68.4 Å². The highest BCUT2D eigenvalue weighted by Gasteiger charge is 2.42. The van der Waals surface area contributed by atoms with Gasteiger partial charge in [0, 0.05) is 50.8 Å². The first kappa shape index (κ1) is 18.9. The highest BCUT2D eigenvalue weighted by Crippen LogP contribution is 2.39. The highest BCUT2D eigenvalue weighted by atomic mass is 16.2. The molecule has 2 amide bonds. The van der Waals surface area contributed by atoms with Crippen molar-refractivity contribution < 1.29 is 9.59 Å². The zero-order chi connectivity index (χ0) is 18.7. The summed E-state index contributed by atoms with van der Waals surface area (Å²) in [6, 6.07) is 0. The fourth-order valence-corrected chi connectivity index (χ4v) is 4.43. The molecule has 1 atom stereocenters. The van der Waals surface area contributed by atoms with Crippen LogP contribution in [0.25, 0.3) is 0 Å². The fraction of sp³-hybridized carbons (Fsp3) is 0.750. The van der Waals surface area contributed by atoms with Crippen molar-refractivity contribution in [1.29, 1.82) is 0 Å². The minimum Gasteiger partial charge on any atom is -0.342 e. The molecule has 1 unspecified atom stereocenters. The van der Waals surface area contributed by atoms with Crippen LogP contribution in [0.3, 0.4) is 0 Å². The molecular weight excluding hydrogens is 328 g/mol. The number of carbonyl (C=O) groups is 2. The Balaban J connectivity index is 1.72. The van der Waals surface area contributed by atoms with Crippen LogP contribution in [0, 0.1) is 12.3 Å². The van der Waals surface area contributed by atoms with Gasteiger partial charge in [-0.3, -0.25) is 14.3 Å². The second kappa shape index (κ2) is 7.80. The number of unbranched alkanes of at least 4 members (excludes halogenated alkanes) is 1.